The zero-order valence-electron chi connectivity index (χ0n) is 14.1. The summed E-state index contributed by atoms with van der Waals surface area (Å²) in [5, 5.41) is 2.93. The van der Waals surface area contributed by atoms with Crippen molar-refractivity contribution in [2.24, 2.45) is 5.73 Å². The van der Waals surface area contributed by atoms with E-state index in [9.17, 15) is 4.79 Å². The van der Waals surface area contributed by atoms with Gasteiger partial charge in [-0.15, -0.1) is 0 Å². The summed E-state index contributed by atoms with van der Waals surface area (Å²) in [5.74, 6) is 0.531. The van der Waals surface area contributed by atoms with E-state index in [1.807, 2.05) is 25.1 Å². The molecule has 24 heavy (non-hydrogen) atoms. The number of anilines is 1. The van der Waals surface area contributed by atoms with Crippen molar-refractivity contribution in [1.29, 1.82) is 0 Å². The van der Waals surface area contributed by atoms with Crippen LogP contribution >= 0.6 is 0 Å². The van der Waals surface area contributed by atoms with E-state index in [0.717, 1.165) is 31.4 Å². The van der Waals surface area contributed by atoms with E-state index in [2.05, 4.69) is 5.32 Å². The Balaban J connectivity index is 1.62. The van der Waals surface area contributed by atoms with E-state index in [1.54, 1.807) is 0 Å². The summed E-state index contributed by atoms with van der Waals surface area (Å²) in [6.45, 7) is 3.74. The van der Waals surface area contributed by atoms with E-state index >= 15 is 0 Å². The fourth-order valence-electron chi connectivity index (χ4n) is 3.10. The molecule has 2 heterocycles. The fraction of sp³-hybridized carbons (Fsp3) is 0.611. The van der Waals surface area contributed by atoms with Crippen molar-refractivity contribution >= 4 is 11.6 Å². The first-order valence-electron chi connectivity index (χ1n) is 8.67. The smallest absolute Gasteiger partial charge is 0.253 e. The van der Waals surface area contributed by atoms with Crippen LogP contribution in [-0.4, -0.2) is 44.0 Å². The maximum absolute atomic E-state index is 12.4. The molecule has 3 rings (SSSR count). The van der Waals surface area contributed by atoms with Crippen LogP contribution in [0.3, 0.4) is 0 Å². The van der Waals surface area contributed by atoms with Gasteiger partial charge in [-0.2, -0.15) is 0 Å². The Bertz CT molecular complexity index is 572. The van der Waals surface area contributed by atoms with E-state index < -0.39 is 6.10 Å². The summed E-state index contributed by atoms with van der Waals surface area (Å²) in [6, 6.07) is 5.75. The minimum Gasteiger partial charge on any atom is -0.489 e. The molecule has 0 saturated carbocycles. The van der Waals surface area contributed by atoms with Crippen LogP contribution in [0.25, 0.3) is 0 Å². The zero-order chi connectivity index (χ0) is 16.9. The molecule has 3 N–H and O–H groups in total. The van der Waals surface area contributed by atoms with Crippen molar-refractivity contribution in [2.75, 3.05) is 25.1 Å². The summed E-state index contributed by atoms with van der Waals surface area (Å²) in [6.07, 6.45) is 3.30. The quantitative estimate of drug-likeness (QED) is 0.831. The van der Waals surface area contributed by atoms with Crippen LogP contribution in [0.5, 0.6) is 5.75 Å². The number of rotatable bonds is 6. The molecule has 2 saturated heterocycles. The lowest BCUT2D eigenvalue weighted by atomic mass is 10.1. The summed E-state index contributed by atoms with van der Waals surface area (Å²) in [4.78, 5) is 12.4. The van der Waals surface area contributed by atoms with Gasteiger partial charge in [-0.05, 0) is 50.3 Å². The van der Waals surface area contributed by atoms with Crippen LogP contribution < -0.4 is 15.8 Å². The topological polar surface area (TPSA) is 82.8 Å². The third kappa shape index (κ3) is 4.26. The van der Waals surface area contributed by atoms with Gasteiger partial charge in [-0.25, -0.2) is 0 Å². The molecule has 0 aromatic heterocycles. The van der Waals surface area contributed by atoms with Crippen LogP contribution in [0.1, 0.15) is 31.2 Å². The van der Waals surface area contributed by atoms with Gasteiger partial charge in [0.1, 0.15) is 18.5 Å². The van der Waals surface area contributed by atoms with Crippen molar-refractivity contribution in [3.8, 4) is 5.75 Å². The van der Waals surface area contributed by atoms with Crippen LogP contribution in [0, 0.1) is 6.92 Å². The second-order valence-corrected chi connectivity index (χ2v) is 6.49. The van der Waals surface area contributed by atoms with E-state index in [0.29, 0.717) is 31.0 Å². The van der Waals surface area contributed by atoms with E-state index in [1.165, 1.54) is 0 Å². The zero-order valence-corrected chi connectivity index (χ0v) is 14.1. The van der Waals surface area contributed by atoms with Gasteiger partial charge in [0.15, 0.2) is 0 Å². The maximum Gasteiger partial charge on any atom is 0.253 e. The molecule has 132 valence electrons. The SMILES string of the molecule is Cc1ccc(NC(=O)[C@@H]2CC[C@H](CN)O2)c(OCC2CCCO2)c1. The van der Waals surface area contributed by atoms with Crippen molar-refractivity contribution in [2.45, 2.75) is 50.9 Å². The van der Waals surface area contributed by atoms with Crippen LogP contribution in [0.2, 0.25) is 0 Å². The second kappa shape index (κ2) is 7.96. The monoisotopic (exact) mass is 334 g/mol. The Labute approximate surface area is 142 Å². The summed E-state index contributed by atoms with van der Waals surface area (Å²) in [5.41, 5.74) is 7.35. The Morgan fingerprint density at radius 3 is 2.92 bits per heavy atom. The average Bonchev–Trinajstić information content (AvgIpc) is 3.26. The Hall–Kier alpha value is -1.63. The number of hydrogen-bond acceptors (Lipinski definition) is 5. The first-order valence-corrected chi connectivity index (χ1v) is 8.67. The number of carbonyl (C=O) groups is 1. The van der Waals surface area contributed by atoms with Crippen molar-refractivity contribution in [3.63, 3.8) is 0 Å². The molecule has 0 spiro atoms. The van der Waals surface area contributed by atoms with Crippen molar-refractivity contribution < 1.29 is 19.0 Å². The van der Waals surface area contributed by atoms with Crippen LogP contribution in [0.4, 0.5) is 5.69 Å². The van der Waals surface area contributed by atoms with Gasteiger partial charge in [0.25, 0.3) is 5.91 Å². The highest BCUT2D eigenvalue weighted by Crippen LogP contribution is 2.28. The summed E-state index contributed by atoms with van der Waals surface area (Å²) >= 11 is 0. The standard InChI is InChI=1S/C18H26N2O4/c1-12-4-6-15(17(9-12)23-11-14-3-2-8-22-14)20-18(21)16-7-5-13(10-19)24-16/h4,6,9,13-14,16H,2-3,5,7-8,10-11,19H2,1H3,(H,20,21)/t13-,14?,16+/m1/s1. The number of amides is 1. The molecular weight excluding hydrogens is 308 g/mol. The third-order valence-corrected chi connectivity index (χ3v) is 4.51. The first-order chi connectivity index (χ1) is 11.7. The number of hydrogen-bond donors (Lipinski definition) is 2. The number of carbonyl (C=O) groups excluding carboxylic acids is 1. The fourth-order valence-corrected chi connectivity index (χ4v) is 3.10. The predicted octanol–water partition coefficient (Wildman–Crippen LogP) is 2.00. The van der Waals surface area contributed by atoms with Gasteiger partial charge in [0.2, 0.25) is 0 Å². The Morgan fingerprint density at radius 1 is 1.33 bits per heavy atom. The molecule has 2 aliphatic rings. The number of benzene rings is 1. The first kappa shape index (κ1) is 17.2. The molecule has 0 aliphatic carbocycles. The number of ether oxygens (including phenoxy) is 3. The second-order valence-electron chi connectivity index (χ2n) is 6.49. The number of nitrogens with two attached hydrogens (primary N) is 1. The highest BCUT2D eigenvalue weighted by Gasteiger charge is 2.30. The highest BCUT2D eigenvalue weighted by atomic mass is 16.5. The highest BCUT2D eigenvalue weighted by molar-refractivity contribution is 5.95. The lowest BCUT2D eigenvalue weighted by Crippen LogP contribution is -2.30. The molecule has 6 nitrogen and oxygen atoms in total. The van der Waals surface area contributed by atoms with E-state index in [-0.39, 0.29) is 18.1 Å². The van der Waals surface area contributed by atoms with Crippen LogP contribution in [0.15, 0.2) is 18.2 Å². The van der Waals surface area contributed by atoms with Gasteiger partial charge in [-0.1, -0.05) is 6.07 Å². The van der Waals surface area contributed by atoms with Crippen molar-refractivity contribution in [3.05, 3.63) is 23.8 Å². The van der Waals surface area contributed by atoms with Gasteiger partial charge in [0, 0.05) is 13.2 Å². The lowest BCUT2D eigenvalue weighted by molar-refractivity contribution is -0.126. The Morgan fingerprint density at radius 2 is 2.21 bits per heavy atom. The normalized spacial score (nSPS) is 26.5. The van der Waals surface area contributed by atoms with Gasteiger partial charge in [-0.3, -0.25) is 4.79 Å². The van der Waals surface area contributed by atoms with Crippen LogP contribution in [-0.2, 0) is 14.3 Å². The molecule has 1 aromatic rings. The average molecular weight is 334 g/mol. The Kier molecular flexibility index (Phi) is 5.71. The third-order valence-electron chi connectivity index (χ3n) is 4.51. The lowest BCUT2D eigenvalue weighted by Gasteiger charge is -2.17. The minimum absolute atomic E-state index is 0.0194. The van der Waals surface area contributed by atoms with Gasteiger partial charge < -0.3 is 25.3 Å². The molecule has 6 heteroatoms. The predicted molar refractivity (Wildman–Crippen MR) is 91.2 cm³/mol. The largest absolute Gasteiger partial charge is 0.489 e. The molecule has 0 bridgehead atoms. The molecule has 2 fully saturated rings. The van der Waals surface area contributed by atoms with Crippen molar-refractivity contribution in [1.82, 2.24) is 0 Å². The maximum atomic E-state index is 12.4. The molecular formula is C18H26N2O4. The molecule has 2 aliphatic heterocycles. The van der Waals surface area contributed by atoms with Gasteiger partial charge in [0.05, 0.1) is 17.9 Å². The molecule has 1 amide bonds. The molecule has 0 radical (unpaired) electrons. The minimum atomic E-state index is -0.439. The molecule has 3 atom stereocenters. The number of aryl methyl sites for hydroxylation is 1. The number of nitrogens with one attached hydrogen (secondary N) is 1. The summed E-state index contributed by atoms with van der Waals surface area (Å²) < 4.78 is 17.1. The summed E-state index contributed by atoms with van der Waals surface area (Å²) in [7, 11) is 0. The van der Waals surface area contributed by atoms with E-state index in [4.69, 9.17) is 19.9 Å². The molecule has 1 unspecified atom stereocenters. The van der Waals surface area contributed by atoms with Gasteiger partial charge >= 0.3 is 0 Å². The molecule has 1 aromatic carbocycles.